The van der Waals surface area contributed by atoms with E-state index >= 15 is 0 Å². The van der Waals surface area contributed by atoms with E-state index in [0.717, 1.165) is 5.56 Å². The summed E-state index contributed by atoms with van der Waals surface area (Å²) >= 11 is 0. The first kappa shape index (κ1) is 19.0. The Labute approximate surface area is 147 Å². The van der Waals surface area contributed by atoms with E-state index in [4.69, 9.17) is 5.73 Å². The van der Waals surface area contributed by atoms with Gasteiger partial charge in [-0.2, -0.15) is 0 Å². The van der Waals surface area contributed by atoms with Gasteiger partial charge in [-0.05, 0) is 30.0 Å². The smallest absolute Gasteiger partial charge is 0.370 e. The number of carboxylic acid groups (broad SMARTS) is 1. The van der Waals surface area contributed by atoms with Crippen molar-refractivity contribution in [1.82, 2.24) is 4.98 Å². The van der Waals surface area contributed by atoms with Gasteiger partial charge in [0, 0.05) is 12.6 Å². The Morgan fingerprint density at radius 1 is 1.16 bits per heavy atom. The summed E-state index contributed by atoms with van der Waals surface area (Å²) in [6.45, 7) is 0. The maximum absolute atomic E-state index is 12.3. The van der Waals surface area contributed by atoms with E-state index in [9.17, 15) is 19.6 Å². The van der Waals surface area contributed by atoms with Gasteiger partial charge in [-0.25, -0.2) is 4.98 Å². The molecule has 0 saturated heterocycles. The number of aliphatic hydroxyl groups is 1. The molecular weight excluding hydrogens is 339 g/mol. The first-order valence-electron chi connectivity index (χ1n) is 8.04. The lowest BCUT2D eigenvalue weighted by Gasteiger charge is -2.09. The highest BCUT2D eigenvalue weighted by atomic mass is 31.1. The Bertz CT molecular complexity index is 707. The number of carboxylic acids is 1. The molecule has 1 heterocycles. The van der Waals surface area contributed by atoms with E-state index in [-0.39, 0.29) is 12.6 Å². The molecule has 2 aromatic rings. The Morgan fingerprint density at radius 2 is 1.88 bits per heavy atom. The highest BCUT2D eigenvalue weighted by molar-refractivity contribution is 7.45. The number of hydrogen-bond acceptors (Lipinski definition) is 5. The van der Waals surface area contributed by atoms with Crippen molar-refractivity contribution in [3.8, 4) is 0 Å². The van der Waals surface area contributed by atoms with Crippen LogP contribution in [0.1, 0.15) is 17.5 Å². The molecule has 0 aliphatic heterocycles. The van der Waals surface area contributed by atoms with Crippen molar-refractivity contribution < 1.29 is 19.6 Å². The Balaban J connectivity index is 1.90. The lowest BCUT2D eigenvalue weighted by molar-refractivity contribution is -0.140. The molecule has 0 aliphatic rings. The van der Waals surface area contributed by atoms with Gasteiger partial charge in [-0.3, -0.25) is 4.79 Å². The Morgan fingerprint density at radius 3 is 2.48 bits per heavy atom. The number of aryl methyl sites for hydroxylation is 1. The molecule has 25 heavy (non-hydrogen) atoms. The molecule has 7 heteroatoms. The molecule has 0 aliphatic carbocycles. The molecule has 3 atom stereocenters. The summed E-state index contributed by atoms with van der Waals surface area (Å²) < 4.78 is 12.3. The molecule has 4 N–H and O–H groups in total. The fraction of sp³-hybridized carbons (Fsp3) is 0.333. The van der Waals surface area contributed by atoms with E-state index in [2.05, 4.69) is 4.98 Å². The summed E-state index contributed by atoms with van der Waals surface area (Å²) in [5, 5.41) is 19.5. The zero-order chi connectivity index (χ0) is 18.2. The van der Waals surface area contributed by atoms with Crippen molar-refractivity contribution in [2.75, 3.05) is 11.9 Å². The minimum atomic E-state index is -2.03. The topological polar surface area (TPSA) is 114 Å². The van der Waals surface area contributed by atoms with Crippen LogP contribution in [0.4, 0.5) is 5.82 Å². The van der Waals surface area contributed by atoms with Gasteiger partial charge in [0.15, 0.2) is 6.16 Å². The number of aliphatic carboxylic acids is 1. The lowest BCUT2D eigenvalue weighted by atomic mass is 10.0. The number of aromatic nitrogens is 1. The van der Waals surface area contributed by atoms with Gasteiger partial charge in [0.05, 0.1) is 0 Å². The minimum Gasteiger partial charge on any atom is -0.481 e. The van der Waals surface area contributed by atoms with Crippen molar-refractivity contribution in [2.24, 2.45) is 5.92 Å². The first-order chi connectivity index (χ1) is 12.0. The number of benzene rings is 1. The summed E-state index contributed by atoms with van der Waals surface area (Å²) in [7, 11) is -2.03. The van der Waals surface area contributed by atoms with Gasteiger partial charge in [0.25, 0.3) is 5.85 Å². The van der Waals surface area contributed by atoms with Gasteiger partial charge >= 0.3 is 13.8 Å². The van der Waals surface area contributed by atoms with E-state index in [1.807, 2.05) is 30.3 Å². The number of pyridine rings is 1. The van der Waals surface area contributed by atoms with Gasteiger partial charge in [-0.15, -0.1) is 0 Å². The third-order valence-electron chi connectivity index (χ3n) is 3.95. The molecule has 132 valence electrons. The van der Waals surface area contributed by atoms with Crippen LogP contribution in [0.15, 0.2) is 48.7 Å². The average Bonchev–Trinajstić information content (AvgIpc) is 2.61. The fourth-order valence-corrected chi connectivity index (χ4v) is 3.87. The van der Waals surface area contributed by atoms with Gasteiger partial charge < -0.3 is 15.9 Å². The van der Waals surface area contributed by atoms with Gasteiger partial charge in [-0.1, -0.05) is 41.0 Å². The van der Waals surface area contributed by atoms with Gasteiger partial charge in [0.1, 0.15) is 11.7 Å². The second-order valence-electron chi connectivity index (χ2n) is 5.94. The molecule has 0 bridgehead atoms. The molecular formula is C18H22N2O4P+. The molecule has 0 saturated carbocycles. The monoisotopic (exact) mass is 361 g/mol. The quantitative estimate of drug-likeness (QED) is 0.592. The predicted molar refractivity (Wildman–Crippen MR) is 96.7 cm³/mol. The zero-order valence-corrected chi connectivity index (χ0v) is 14.7. The number of anilines is 1. The van der Waals surface area contributed by atoms with Crippen molar-refractivity contribution in [3.63, 3.8) is 0 Å². The fourth-order valence-electron chi connectivity index (χ4n) is 2.49. The van der Waals surface area contributed by atoms with Crippen LogP contribution in [0.5, 0.6) is 0 Å². The standard InChI is InChI=1S/C18H21N2O4P/c19-16-8-6-14(11-20-16)10-15(18(22)23)12-25(24)17(21)9-7-13-4-2-1-3-5-13/h1-6,8,11,15,17,21H,7,9-10,12H2,(H2-,19,20,22,23)/p+1. The van der Waals surface area contributed by atoms with Crippen LogP contribution in [-0.2, 0) is 22.2 Å². The molecule has 0 radical (unpaired) electrons. The van der Waals surface area contributed by atoms with Crippen molar-refractivity contribution in [2.45, 2.75) is 25.1 Å². The van der Waals surface area contributed by atoms with E-state index in [0.29, 0.717) is 24.2 Å². The molecule has 6 nitrogen and oxygen atoms in total. The molecule has 1 aromatic heterocycles. The second-order valence-corrected chi connectivity index (χ2v) is 7.73. The van der Waals surface area contributed by atoms with E-state index in [1.165, 1.54) is 6.20 Å². The summed E-state index contributed by atoms with van der Waals surface area (Å²) in [6.07, 6.45) is 2.60. The highest BCUT2D eigenvalue weighted by Gasteiger charge is 2.34. The minimum absolute atomic E-state index is 0.0645. The number of nitrogen functional groups attached to an aromatic ring is 1. The highest BCUT2D eigenvalue weighted by Crippen LogP contribution is 2.33. The number of nitrogens with zero attached hydrogens (tertiary/aromatic N) is 1. The van der Waals surface area contributed by atoms with Crippen molar-refractivity contribution >= 4 is 19.6 Å². The zero-order valence-electron chi connectivity index (χ0n) is 13.8. The van der Waals surface area contributed by atoms with Crippen LogP contribution in [0.2, 0.25) is 0 Å². The van der Waals surface area contributed by atoms with Crippen LogP contribution >= 0.6 is 7.80 Å². The van der Waals surface area contributed by atoms with Crippen molar-refractivity contribution in [1.29, 1.82) is 0 Å². The SMILES string of the molecule is Nc1ccc(CC(C[P+](=O)C(O)CCc2ccccc2)C(=O)O)cn1. The van der Waals surface area contributed by atoms with Crippen molar-refractivity contribution in [3.05, 3.63) is 59.8 Å². The van der Waals surface area contributed by atoms with E-state index < -0.39 is 25.5 Å². The Hall–Kier alpha value is -2.30. The van der Waals surface area contributed by atoms with Crippen LogP contribution in [-0.4, -0.2) is 33.2 Å². The number of aliphatic hydroxyl groups excluding tert-OH is 1. The molecule has 2 rings (SSSR count). The first-order valence-corrected chi connectivity index (χ1v) is 9.56. The normalized spacial score (nSPS) is 13.9. The number of carbonyl (C=O) groups is 1. The number of hydrogen-bond donors (Lipinski definition) is 3. The Kier molecular flexibility index (Phi) is 7.04. The summed E-state index contributed by atoms with van der Waals surface area (Å²) in [4.78, 5) is 15.4. The molecule has 0 fully saturated rings. The van der Waals surface area contributed by atoms with Crippen LogP contribution in [0, 0.1) is 5.92 Å². The maximum atomic E-state index is 12.3. The lowest BCUT2D eigenvalue weighted by Crippen LogP contribution is -2.21. The number of rotatable bonds is 9. The summed E-state index contributed by atoms with van der Waals surface area (Å²) in [5.41, 5.74) is 7.27. The van der Waals surface area contributed by atoms with E-state index in [1.54, 1.807) is 12.1 Å². The van der Waals surface area contributed by atoms with Gasteiger partial charge in [0.2, 0.25) is 0 Å². The number of nitrogens with two attached hydrogens (primary N) is 1. The molecule has 1 aromatic carbocycles. The largest absolute Gasteiger partial charge is 0.481 e. The molecule has 3 unspecified atom stereocenters. The average molecular weight is 361 g/mol. The van der Waals surface area contributed by atoms with Crippen LogP contribution < -0.4 is 5.73 Å². The second kappa shape index (κ2) is 9.25. The van der Waals surface area contributed by atoms with Crippen LogP contribution in [0.3, 0.4) is 0 Å². The third-order valence-corrected chi connectivity index (χ3v) is 5.67. The predicted octanol–water partition coefficient (Wildman–Crippen LogP) is 2.69. The summed E-state index contributed by atoms with van der Waals surface area (Å²) in [5.74, 6) is -2.52. The maximum Gasteiger partial charge on any atom is 0.370 e. The molecule has 0 amide bonds. The summed E-state index contributed by atoms with van der Waals surface area (Å²) in [6, 6.07) is 12.9. The third kappa shape index (κ3) is 6.25. The molecule has 0 spiro atoms. The van der Waals surface area contributed by atoms with Crippen LogP contribution in [0.25, 0.3) is 0 Å².